The predicted molar refractivity (Wildman–Crippen MR) is 134 cm³/mol. The standard InChI is InChI=1S/C23H9Cl6FN2O3/c24-11-5-4-10(7-12(11)25)31-19(8-2-1-3-9(30)6-8)20(23(31)35)32-21(33)13-14(22(32)34)16(27)18(29)17(28)15(13)26/h1-7,19-20H/t19-,20-/m1/s1. The number of β-lactam (4-membered cyclic amide) rings is 1. The number of imide groups is 1. The molecule has 1 saturated heterocycles. The maximum Gasteiger partial charge on any atom is 0.264 e. The van der Waals surface area contributed by atoms with Gasteiger partial charge in [-0.1, -0.05) is 81.7 Å². The summed E-state index contributed by atoms with van der Waals surface area (Å²) in [4.78, 5) is 42.3. The second-order valence-corrected chi connectivity index (χ2v) is 10.1. The number of carbonyl (C=O) groups excluding carboxylic acids is 3. The summed E-state index contributed by atoms with van der Waals surface area (Å²) in [6, 6.07) is 7.69. The normalized spacial score (nSPS) is 19.3. The zero-order chi connectivity index (χ0) is 25.3. The van der Waals surface area contributed by atoms with Crippen molar-refractivity contribution in [3.63, 3.8) is 0 Å². The first-order chi connectivity index (χ1) is 16.5. The van der Waals surface area contributed by atoms with Gasteiger partial charge in [0.05, 0.1) is 47.3 Å². The molecule has 0 unspecified atom stereocenters. The molecule has 5 rings (SSSR count). The van der Waals surface area contributed by atoms with Crippen molar-refractivity contribution in [2.45, 2.75) is 12.1 Å². The minimum atomic E-state index is -1.33. The molecule has 2 atom stereocenters. The first-order valence-corrected chi connectivity index (χ1v) is 12.1. The summed E-state index contributed by atoms with van der Waals surface area (Å²) in [6.07, 6.45) is 0. The Morgan fingerprint density at radius 3 is 1.80 bits per heavy atom. The molecule has 3 aromatic carbocycles. The minimum absolute atomic E-state index is 0.182. The molecule has 3 aromatic rings. The van der Waals surface area contributed by atoms with Crippen molar-refractivity contribution >= 4 is 93.0 Å². The van der Waals surface area contributed by atoms with Crippen LogP contribution in [-0.2, 0) is 4.79 Å². The molecule has 0 bridgehead atoms. The first-order valence-electron chi connectivity index (χ1n) is 9.82. The molecule has 1 fully saturated rings. The van der Waals surface area contributed by atoms with Crippen LogP contribution >= 0.6 is 69.6 Å². The number of hydrogen-bond acceptors (Lipinski definition) is 3. The van der Waals surface area contributed by atoms with Gasteiger partial charge >= 0.3 is 0 Å². The van der Waals surface area contributed by atoms with Crippen molar-refractivity contribution in [1.82, 2.24) is 4.90 Å². The Balaban J connectivity index is 1.65. The van der Waals surface area contributed by atoms with Crippen molar-refractivity contribution in [3.05, 3.63) is 95.1 Å². The number of benzene rings is 3. The molecule has 0 saturated carbocycles. The van der Waals surface area contributed by atoms with E-state index in [1.54, 1.807) is 12.1 Å². The smallest absolute Gasteiger partial charge is 0.264 e. The number of amides is 3. The summed E-state index contributed by atoms with van der Waals surface area (Å²) in [5.41, 5.74) is 0.170. The van der Waals surface area contributed by atoms with Gasteiger partial charge in [0.25, 0.3) is 17.7 Å². The third-order valence-electron chi connectivity index (χ3n) is 5.85. The van der Waals surface area contributed by atoms with Gasteiger partial charge in [-0.3, -0.25) is 19.3 Å². The van der Waals surface area contributed by atoms with E-state index < -0.39 is 35.6 Å². The molecule has 2 heterocycles. The second-order valence-electron chi connectivity index (χ2n) is 7.74. The van der Waals surface area contributed by atoms with Gasteiger partial charge < -0.3 is 4.90 Å². The van der Waals surface area contributed by atoms with Crippen LogP contribution in [0.1, 0.15) is 32.3 Å². The average Bonchev–Trinajstić information content (AvgIpc) is 3.07. The van der Waals surface area contributed by atoms with Gasteiger partial charge in [0.2, 0.25) is 0 Å². The van der Waals surface area contributed by atoms with Gasteiger partial charge in [-0.15, -0.1) is 0 Å². The van der Waals surface area contributed by atoms with Crippen LogP contribution in [0.5, 0.6) is 0 Å². The van der Waals surface area contributed by atoms with Crippen molar-refractivity contribution < 1.29 is 18.8 Å². The Morgan fingerprint density at radius 2 is 1.26 bits per heavy atom. The third-order valence-corrected chi connectivity index (χ3v) is 8.39. The van der Waals surface area contributed by atoms with E-state index in [4.69, 9.17) is 69.6 Å². The number of carbonyl (C=O) groups is 3. The highest BCUT2D eigenvalue weighted by atomic mass is 35.5. The van der Waals surface area contributed by atoms with Crippen LogP contribution in [0.2, 0.25) is 30.1 Å². The predicted octanol–water partition coefficient (Wildman–Crippen LogP) is 7.50. The fourth-order valence-electron chi connectivity index (χ4n) is 4.29. The maximum atomic E-state index is 14.1. The Hall–Kier alpha value is -2.06. The zero-order valence-electron chi connectivity index (χ0n) is 17.0. The van der Waals surface area contributed by atoms with E-state index in [2.05, 4.69) is 0 Å². The molecule has 0 spiro atoms. The van der Waals surface area contributed by atoms with Crippen molar-refractivity contribution in [3.8, 4) is 0 Å². The van der Waals surface area contributed by atoms with E-state index in [1.807, 2.05) is 0 Å². The molecular weight excluding hydrogens is 584 g/mol. The fourth-order valence-corrected chi connectivity index (χ4v) is 5.60. The number of hydrogen-bond donors (Lipinski definition) is 0. The molecule has 2 aliphatic rings. The lowest BCUT2D eigenvalue weighted by Crippen LogP contribution is -2.67. The molecule has 0 aromatic heterocycles. The van der Waals surface area contributed by atoms with Gasteiger partial charge in [0.15, 0.2) is 0 Å². The quantitative estimate of drug-likeness (QED) is 0.137. The summed E-state index contributed by atoms with van der Waals surface area (Å²) in [5, 5.41) is -0.458. The number of halogens is 7. The highest BCUT2D eigenvalue weighted by molar-refractivity contribution is 6.55. The van der Waals surface area contributed by atoms with Crippen LogP contribution in [0.3, 0.4) is 0 Å². The topological polar surface area (TPSA) is 57.7 Å². The number of nitrogens with zero attached hydrogens (tertiary/aromatic N) is 2. The fraction of sp³-hybridized carbons (Fsp3) is 0.0870. The molecular formula is C23H9Cl6FN2O3. The van der Waals surface area contributed by atoms with E-state index in [9.17, 15) is 18.8 Å². The lowest BCUT2D eigenvalue weighted by Gasteiger charge is -2.49. The lowest BCUT2D eigenvalue weighted by atomic mass is 9.86. The van der Waals surface area contributed by atoms with E-state index in [0.29, 0.717) is 11.3 Å². The molecule has 0 N–H and O–H groups in total. The Kier molecular flexibility index (Phi) is 6.19. The van der Waals surface area contributed by atoms with Gasteiger partial charge in [-0.25, -0.2) is 4.39 Å². The first kappa shape index (κ1) is 24.6. The van der Waals surface area contributed by atoms with E-state index >= 15 is 0 Å². The summed E-state index contributed by atoms with van der Waals surface area (Å²) >= 11 is 36.8. The summed E-state index contributed by atoms with van der Waals surface area (Å²) in [6.45, 7) is 0. The largest absolute Gasteiger partial charge is 0.300 e. The van der Waals surface area contributed by atoms with Crippen molar-refractivity contribution in [2.24, 2.45) is 0 Å². The Morgan fingerprint density at radius 1 is 0.657 bits per heavy atom. The lowest BCUT2D eigenvalue weighted by molar-refractivity contribution is -0.130. The summed E-state index contributed by atoms with van der Waals surface area (Å²) < 4.78 is 14.1. The van der Waals surface area contributed by atoms with Crippen molar-refractivity contribution in [2.75, 3.05) is 4.90 Å². The zero-order valence-corrected chi connectivity index (χ0v) is 21.5. The van der Waals surface area contributed by atoms with Crippen molar-refractivity contribution in [1.29, 1.82) is 0 Å². The van der Waals surface area contributed by atoms with E-state index in [1.165, 1.54) is 35.2 Å². The van der Waals surface area contributed by atoms with Crippen LogP contribution in [0.15, 0.2) is 42.5 Å². The molecule has 178 valence electrons. The summed E-state index contributed by atoms with van der Waals surface area (Å²) in [7, 11) is 0. The SMILES string of the molecule is O=C1c2c(Cl)c(Cl)c(Cl)c(Cl)c2C(=O)N1[C@H]1C(=O)N(c2ccc(Cl)c(Cl)c2)[C@@H]1c1cccc(F)c1. The molecule has 12 heteroatoms. The summed E-state index contributed by atoms with van der Waals surface area (Å²) in [5.74, 6) is -2.92. The van der Waals surface area contributed by atoms with E-state index in [0.717, 1.165) is 4.90 Å². The second kappa shape index (κ2) is 8.80. The van der Waals surface area contributed by atoms with Crippen LogP contribution in [0, 0.1) is 5.82 Å². The molecule has 35 heavy (non-hydrogen) atoms. The third kappa shape index (κ3) is 3.62. The number of rotatable bonds is 3. The van der Waals surface area contributed by atoms with Crippen LogP contribution in [0.4, 0.5) is 10.1 Å². The highest BCUT2D eigenvalue weighted by Gasteiger charge is 2.58. The molecule has 2 aliphatic heterocycles. The maximum absolute atomic E-state index is 14.1. The van der Waals surface area contributed by atoms with Crippen LogP contribution in [0.25, 0.3) is 0 Å². The van der Waals surface area contributed by atoms with E-state index in [-0.39, 0.29) is 41.3 Å². The number of fused-ring (bicyclic) bond motifs is 1. The molecule has 0 aliphatic carbocycles. The van der Waals surface area contributed by atoms with Gasteiger partial charge in [0.1, 0.15) is 11.9 Å². The van der Waals surface area contributed by atoms with Gasteiger partial charge in [0, 0.05) is 5.69 Å². The molecule has 5 nitrogen and oxygen atoms in total. The number of anilines is 1. The Labute approximate surface area is 227 Å². The molecule has 3 amide bonds. The average molecular weight is 593 g/mol. The molecule has 0 radical (unpaired) electrons. The van der Waals surface area contributed by atoms with Gasteiger partial charge in [-0.2, -0.15) is 0 Å². The van der Waals surface area contributed by atoms with Crippen LogP contribution in [-0.4, -0.2) is 28.7 Å². The Bertz CT molecular complexity index is 1430. The minimum Gasteiger partial charge on any atom is -0.300 e. The van der Waals surface area contributed by atoms with Crippen LogP contribution < -0.4 is 4.90 Å². The van der Waals surface area contributed by atoms with Gasteiger partial charge in [-0.05, 0) is 35.9 Å². The highest BCUT2D eigenvalue weighted by Crippen LogP contribution is 2.49. The monoisotopic (exact) mass is 590 g/mol.